The molecule has 0 unspecified atom stereocenters. The largest absolute Gasteiger partial charge is 0.462 e. The third kappa shape index (κ3) is 5.36. The van der Waals surface area contributed by atoms with E-state index in [4.69, 9.17) is 4.74 Å². The second-order valence-corrected chi connectivity index (χ2v) is 3.07. The Labute approximate surface area is 86.3 Å². The lowest BCUT2D eigenvalue weighted by molar-refractivity contribution is -0.135. The van der Waals surface area contributed by atoms with Gasteiger partial charge >= 0.3 is 5.97 Å². The molecule has 3 nitrogen and oxygen atoms in total. The minimum absolute atomic E-state index is 0.320. The second kappa shape index (κ2) is 6.60. The minimum atomic E-state index is -0.400. The molecule has 0 N–H and O–H groups in total. The van der Waals surface area contributed by atoms with Crippen LogP contribution in [0.15, 0.2) is 28.3 Å². The van der Waals surface area contributed by atoms with Gasteiger partial charge in [0.25, 0.3) is 0 Å². The van der Waals surface area contributed by atoms with Crippen LogP contribution in [0.3, 0.4) is 0 Å². The normalized spacial score (nSPS) is 12.5. The molecule has 0 aliphatic carbocycles. The topological polar surface area (TPSA) is 38.7 Å². The van der Waals surface area contributed by atoms with Gasteiger partial charge in [-0.25, -0.2) is 4.79 Å². The number of ether oxygens (including phenoxy) is 1. The molecule has 0 heterocycles. The maximum absolute atomic E-state index is 11.0. The van der Waals surface area contributed by atoms with Gasteiger partial charge in [-0.05, 0) is 29.8 Å². The fraction of sp³-hybridized carbons (Fsp3) is 0.333. The van der Waals surface area contributed by atoms with Crippen molar-refractivity contribution in [3.8, 4) is 0 Å². The molecule has 0 aliphatic heterocycles. The van der Waals surface area contributed by atoms with Crippen molar-refractivity contribution < 1.29 is 9.53 Å². The summed E-state index contributed by atoms with van der Waals surface area (Å²) in [6, 6.07) is 0. The maximum Gasteiger partial charge on any atom is 0.352 e. The smallest absolute Gasteiger partial charge is 0.352 e. The van der Waals surface area contributed by atoms with E-state index in [2.05, 4.69) is 27.5 Å². The lowest BCUT2D eigenvalue weighted by Crippen LogP contribution is -2.13. The van der Waals surface area contributed by atoms with Crippen LogP contribution in [0.4, 0.5) is 0 Å². The molecule has 0 spiro atoms. The number of halogens is 1. The van der Waals surface area contributed by atoms with Gasteiger partial charge in [-0.3, -0.25) is 4.99 Å². The van der Waals surface area contributed by atoms with E-state index in [1.165, 1.54) is 6.20 Å². The lowest BCUT2D eigenvalue weighted by atomic mass is 10.4. The van der Waals surface area contributed by atoms with Crippen molar-refractivity contribution in [2.45, 2.75) is 13.8 Å². The molecular formula is C9H12BrNO2. The summed E-state index contributed by atoms with van der Waals surface area (Å²) in [6.45, 7) is 7.22. The van der Waals surface area contributed by atoms with Crippen LogP contribution < -0.4 is 0 Å². The third-order valence-electron chi connectivity index (χ3n) is 1.15. The van der Waals surface area contributed by atoms with Crippen molar-refractivity contribution in [2.75, 3.05) is 6.61 Å². The molecule has 0 amide bonds. The monoisotopic (exact) mass is 245 g/mol. The Morgan fingerprint density at radius 2 is 2.31 bits per heavy atom. The molecule has 0 aliphatic rings. The van der Waals surface area contributed by atoms with Crippen LogP contribution in [-0.4, -0.2) is 18.3 Å². The highest BCUT2D eigenvalue weighted by molar-refractivity contribution is 9.11. The van der Waals surface area contributed by atoms with Gasteiger partial charge in [-0.1, -0.05) is 12.7 Å². The molecule has 0 rings (SSSR count). The number of hydrogen-bond donors (Lipinski definition) is 0. The SMILES string of the molecule is C=C/C(Br)=C\N=C(/C)C(=O)OCC. The van der Waals surface area contributed by atoms with Crippen LogP contribution in [0, 0.1) is 0 Å². The first-order chi connectivity index (χ1) is 6.11. The molecule has 72 valence electrons. The van der Waals surface area contributed by atoms with Gasteiger partial charge in [0, 0.05) is 10.7 Å². The predicted octanol–water partition coefficient (Wildman–Crippen LogP) is 2.43. The molecule has 13 heavy (non-hydrogen) atoms. The summed E-state index contributed by atoms with van der Waals surface area (Å²) in [4.78, 5) is 14.9. The number of allylic oxidation sites excluding steroid dienone is 2. The fourth-order valence-corrected chi connectivity index (χ4v) is 0.602. The molecule has 0 aromatic carbocycles. The zero-order chi connectivity index (χ0) is 10.3. The minimum Gasteiger partial charge on any atom is -0.462 e. The van der Waals surface area contributed by atoms with Crippen LogP contribution in [-0.2, 0) is 9.53 Å². The molecule has 0 bridgehead atoms. The number of nitrogens with zero attached hydrogens (tertiary/aromatic N) is 1. The summed E-state index contributed by atoms with van der Waals surface area (Å²) in [5.74, 6) is -0.400. The van der Waals surface area contributed by atoms with Crippen molar-refractivity contribution in [1.29, 1.82) is 0 Å². The molecule has 0 radical (unpaired) electrons. The highest BCUT2D eigenvalue weighted by Gasteiger charge is 2.03. The number of rotatable bonds is 4. The second-order valence-electron chi connectivity index (χ2n) is 2.15. The average Bonchev–Trinajstić information content (AvgIpc) is 2.13. The summed E-state index contributed by atoms with van der Waals surface area (Å²) in [6.07, 6.45) is 3.08. The number of esters is 1. The van der Waals surface area contributed by atoms with Crippen molar-refractivity contribution in [3.05, 3.63) is 23.3 Å². The van der Waals surface area contributed by atoms with Gasteiger partial charge in [0.2, 0.25) is 0 Å². The van der Waals surface area contributed by atoms with Crippen molar-refractivity contribution in [1.82, 2.24) is 0 Å². The molecule has 0 aromatic heterocycles. The highest BCUT2D eigenvalue weighted by atomic mass is 79.9. The van der Waals surface area contributed by atoms with Crippen LogP contribution in [0.25, 0.3) is 0 Å². The van der Waals surface area contributed by atoms with E-state index in [0.717, 1.165) is 4.48 Å². The van der Waals surface area contributed by atoms with E-state index >= 15 is 0 Å². The third-order valence-corrected chi connectivity index (χ3v) is 1.68. The molecule has 0 saturated heterocycles. The van der Waals surface area contributed by atoms with Gasteiger partial charge in [-0.15, -0.1) is 0 Å². The van der Waals surface area contributed by atoms with Crippen LogP contribution in [0.5, 0.6) is 0 Å². The van der Waals surface area contributed by atoms with Gasteiger partial charge in [-0.2, -0.15) is 0 Å². The Morgan fingerprint density at radius 1 is 1.69 bits per heavy atom. The number of hydrogen-bond acceptors (Lipinski definition) is 3. The van der Waals surface area contributed by atoms with E-state index in [-0.39, 0.29) is 0 Å². The summed E-state index contributed by atoms with van der Waals surface area (Å²) in [5, 5.41) is 0. The fourth-order valence-electron chi connectivity index (χ4n) is 0.499. The molecule has 4 heteroatoms. The molecular weight excluding hydrogens is 234 g/mol. The average molecular weight is 246 g/mol. The number of carbonyl (C=O) groups excluding carboxylic acids is 1. The Balaban J connectivity index is 4.32. The standard InChI is InChI=1S/C9H12BrNO2/c1-4-8(10)6-11-7(3)9(12)13-5-2/h4,6H,1,5H2,2-3H3/b8-6+,11-7+. The quantitative estimate of drug-likeness (QED) is 0.434. The van der Waals surface area contributed by atoms with Crippen molar-refractivity contribution in [2.24, 2.45) is 4.99 Å². The zero-order valence-electron chi connectivity index (χ0n) is 7.71. The zero-order valence-corrected chi connectivity index (χ0v) is 9.30. The van der Waals surface area contributed by atoms with Gasteiger partial charge in [0.15, 0.2) is 0 Å². The van der Waals surface area contributed by atoms with Crippen molar-refractivity contribution in [3.63, 3.8) is 0 Å². The number of carbonyl (C=O) groups is 1. The Morgan fingerprint density at radius 3 is 2.77 bits per heavy atom. The van der Waals surface area contributed by atoms with Gasteiger partial charge in [0.05, 0.1) is 6.61 Å². The number of aliphatic imine (C=N–C) groups is 1. The first-order valence-electron chi connectivity index (χ1n) is 3.81. The van der Waals surface area contributed by atoms with Crippen LogP contribution in [0.2, 0.25) is 0 Å². The summed E-state index contributed by atoms with van der Waals surface area (Å²) in [7, 11) is 0. The van der Waals surface area contributed by atoms with Crippen LogP contribution >= 0.6 is 15.9 Å². The maximum atomic E-state index is 11.0. The van der Waals surface area contributed by atoms with Crippen LogP contribution in [0.1, 0.15) is 13.8 Å². The highest BCUT2D eigenvalue weighted by Crippen LogP contribution is 2.04. The van der Waals surface area contributed by atoms with Crippen molar-refractivity contribution >= 4 is 27.6 Å². The predicted molar refractivity (Wildman–Crippen MR) is 56.9 cm³/mol. The van der Waals surface area contributed by atoms with Gasteiger partial charge < -0.3 is 4.74 Å². The Hall–Kier alpha value is -0.900. The summed E-state index contributed by atoms with van der Waals surface area (Å²) >= 11 is 3.18. The van der Waals surface area contributed by atoms with E-state index in [1.54, 1.807) is 19.9 Å². The molecule has 0 atom stereocenters. The van der Waals surface area contributed by atoms with Gasteiger partial charge in [0.1, 0.15) is 5.71 Å². The first-order valence-corrected chi connectivity index (χ1v) is 4.60. The van der Waals surface area contributed by atoms with E-state index in [9.17, 15) is 4.79 Å². The Kier molecular flexibility index (Phi) is 6.14. The lowest BCUT2D eigenvalue weighted by Gasteiger charge is -1.98. The summed E-state index contributed by atoms with van der Waals surface area (Å²) < 4.78 is 5.45. The van der Waals surface area contributed by atoms with E-state index in [1.807, 2.05) is 0 Å². The van der Waals surface area contributed by atoms with E-state index < -0.39 is 5.97 Å². The first kappa shape index (κ1) is 12.1. The summed E-state index contributed by atoms with van der Waals surface area (Å²) in [5.41, 5.74) is 0.320. The molecule has 0 aromatic rings. The molecule has 0 saturated carbocycles. The van der Waals surface area contributed by atoms with E-state index in [0.29, 0.717) is 12.3 Å². The molecule has 0 fully saturated rings. The Bertz CT molecular complexity index is 256.